The summed E-state index contributed by atoms with van der Waals surface area (Å²) in [6.45, 7) is 0. The minimum atomic E-state index is -0.717. The van der Waals surface area contributed by atoms with Crippen molar-refractivity contribution in [1.82, 2.24) is 0 Å². The van der Waals surface area contributed by atoms with Crippen LogP contribution in [0.25, 0.3) is 0 Å². The van der Waals surface area contributed by atoms with Crippen LogP contribution >= 0.6 is 0 Å². The molecule has 0 aliphatic heterocycles. The zero-order valence-electron chi connectivity index (χ0n) is 10.9. The predicted octanol–water partition coefficient (Wildman–Crippen LogP) is 2.68. The number of phenols is 1. The van der Waals surface area contributed by atoms with Gasteiger partial charge in [-0.05, 0) is 17.2 Å². The minimum absolute atomic E-state index is 0.227. The van der Waals surface area contributed by atoms with Gasteiger partial charge in [0.2, 0.25) is 0 Å². The largest absolute Gasteiger partial charge is 0.508 e. The van der Waals surface area contributed by atoms with Gasteiger partial charge in [-0.3, -0.25) is 0 Å². The third-order valence-corrected chi connectivity index (χ3v) is 3.21. The summed E-state index contributed by atoms with van der Waals surface area (Å²) in [7, 11) is 1.57. The van der Waals surface area contributed by atoms with E-state index in [1.807, 2.05) is 42.5 Å². The predicted molar refractivity (Wildman–Crippen MR) is 74.0 cm³/mol. The molecule has 3 nitrogen and oxygen atoms in total. The van der Waals surface area contributed by atoms with Gasteiger partial charge in [0.25, 0.3) is 0 Å². The maximum Gasteiger partial charge on any atom is 0.118 e. The third-order valence-electron chi connectivity index (χ3n) is 3.21. The van der Waals surface area contributed by atoms with E-state index in [9.17, 15) is 10.2 Å². The zero-order chi connectivity index (χ0) is 13.7. The summed E-state index contributed by atoms with van der Waals surface area (Å²) < 4.78 is 5.36. The SMILES string of the molecule is COC(Cc1ccccc1O)C(O)c1ccccc1. The van der Waals surface area contributed by atoms with Crippen LogP contribution in [0, 0.1) is 0 Å². The molecule has 0 amide bonds. The van der Waals surface area contributed by atoms with E-state index in [-0.39, 0.29) is 5.75 Å². The first-order valence-electron chi connectivity index (χ1n) is 6.25. The van der Waals surface area contributed by atoms with E-state index < -0.39 is 12.2 Å². The van der Waals surface area contributed by atoms with E-state index in [1.54, 1.807) is 19.2 Å². The second kappa shape index (κ2) is 6.36. The summed E-state index contributed by atoms with van der Waals surface area (Å²) in [5.41, 5.74) is 1.58. The summed E-state index contributed by atoms with van der Waals surface area (Å²) in [6.07, 6.45) is -0.652. The molecule has 2 rings (SSSR count). The second-order valence-electron chi connectivity index (χ2n) is 4.46. The highest BCUT2D eigenvalue weighted by Crippen LogP contribution is 2.25. The van der Waals surface area contributed by atoms with Gasteiger partial charge in [0.15, 0.2) is 0 Å². The van der Waals surface area contributed by atoms with Gasteiger partial charge in [0, 0.05) is 13.5 Å². The molecule has 100 valence electrons. The number of para-hydroxylation sites is 1. The number of rotatable bonds is 5. The summed E-state index contributed by atoms with van der Waals surface area (Å²) in [5, 5.41) is 20.1. The number of aliphatic hydroxyl groups is 1. The molecule has 0 radical (unpaired) electrons. The lowest BCUT2D eigenvalue weighted by molar-refractivity contribution is -0.0127. The molecule has 0 fully saturated rings. The van der Waals surface area contributed by atoms with Crippen molar-refractivity contribution in [1.29, 1.82) is 0 Å². The molecule has 0 aromatic heterocycles. The number of hydrogen-bond donors (Lipinski definition) is 2. The van der Waals surface area contributed by atoms with Gasteiger partial charge in [-0.15, -0.1) is 0 Å². The van der Waals surface area contributed by atoms with Crippen molar-refractivity contribution in [3.05, 3.63) is 65.7 Å². The van der Waals surface area contributed by atoms with Gasteiger partial charge in [-0.2, -0.15) is 0 Å². The number of hydrogen-bond acceptors (Lipinski definition) is 3. The molecule has 2 aromatic carbocycles. The maximum absolute atomic E-state index is 10.3. The number of ether oxygens (including phenoxy) is 1. The molecule has 0 spiro atoms. The smallest absolute Gasteiger partial charge is 0.118 e. The fourth-order valence-corrected chi connectivity index (χ4v) is 2.09. The molecule has 0 aliphatic carbocycles. The Morgan fingerprint density at radius 1 is 1.00 bits per heavy atom. The number of aromatic hydroxyl groups is 1. The molecule has 0 saturated heterocycles. The molecule has 2 unspecified atom stereocenters. The third kappa shape index (κ3) is 3.34. The first kappa shape index (κ1) is 13.6. The molecule has 2 atom stereocenters. The molecular formula is C16H18O3. The molecule has 2 aromatic rings. The maximum atomic E-state index is 10.3. The Morgan fingerprint density at radius 3 is 2.26 bits per heavy atom. The minimum Gasteiger partial charge on any atom is -0.508 e. The summed E-state index contributed by atoms with van der Waals surface area (Å²) >= 11 is 0. The highest BCUT2D eigenvalue weighted by atomic mass is 16.5. The fraction of sp³-hybridized carbons (Fsp3) is 0.250. The molecular weight excluding hydrogens is 240 g/mol. The Kier molecular flexibility index (Phi) is 4.55. The average Bonchev–Trinajstić information content (AvgIpc) is 2.47. The average molecular weight is 258 g/mol. The summed E-state index contributed by atoms with van der Waals surface area (Å²) in [6, 6.07) is 16.5. The van der Waals surface area contributed by atoms with Gasteiger partial charge in [0.05, 0.1) is 6.10 Å². The van der Waals surface area contributed by atoms with Crippen LogP contribution in [0.4, 0.5) is 0 Å². The standard InChI is InChI=1S/C16H18O3/c1-19-15(11-13-9-5-6-10-14(13)17)16(18)12-7-3-2-4-8-12/h2-10,15-18H,11H2,1H3. The van der Waals surface area contributed by atoms with Crippen molar-refractivity contribution in [2.45, 2.75) is 18.6 Å². The number of aliphatic hydroxyl groups excluding tert-OH is 1. The zero-order valence-corrected chi connectivity index (χ0v) is 10.9. The first-order chi connectivity index (χ1) is 9.22. The van der Waals surface area contributed by atoms with E-state index in [2.05, 4.69) is 0 Å². The van der Waals surface area contributed by atoms with Crippen molar-refractivity contribution in [3.8, 4) is 5.75 Å². The summed E-state index contributed by atoms with van der Waals surface area (Å²) in [5.74, 6) is 0.227. The Balaban J connectivity index is 2.15. The lowest BCUT2D eigenvalue weighted by atomic mass is 9.98. The van der Waals surface area contributed by atoms with Crippen LogP contribution in [0.1, 0.15) is 17.2 Å². The van der Waals surface area contributed by atoms with Crippen molar-refractivity contribution in [2.24, 2.45) is 0 Å². The highest BCUT2D eigenvalue weighted by Gasteiger charge is 2.21. The Bertz CT molecular complexity index is 510. The molecule has 19 heavy (non-hydrogen) atoms. The van der Waals surface area contributed by atoms with Crippen molar-refractivity contribution >= 4 is 0 Å². The van der Waals surface area contributed by atoms with Crippen LogP contribution < -0.4 is 0 Å². The van der Waals surface area contributed by atoms with Crippen LogP contribution in [-0.4, -0.2) is 23.4 Å². The lowest BCUT2D eigenvalue weighted by Gasteiger charge is -2.22. The molecule has 0 saturated carbocycles. The van der Waals surface area contributed by atoms with Crippen LogP contribution in [0.5, 0.6) is 5.75 Å². The van der Waals surface area contributed by atoms with Gasteiger partial charge in [-0.1, -0.05) is 48.5 Å². The fourth-order valence-electron chi connectivity index (χ4n) is 2.09. The van der Waals surface area contributed by atoms with E-state index in [4.69, 9.17) is 4.74 Å². The van der Waals surface area contributed by atoms with E-state index in [1.165, 1.54) is 0 Å². The van der Waals surface area contributed by atoms with E-state index in [0.29, 0.717) is 6.42 Å². The highest BCUT2D eigenvalue weighted by molar-refractivity contribution is 5.32. The van der Waals surface area contributed by atoms with Crippen molar-refractivity contribution in [2.75, 3.05) is 7.11 Å². The quantitative estimate of drug-likeness (QED) is 0.867. The second-order valence-corrected chi connectivity index (χ2v) is 4.46. The Morgan fingerprint density at radius 2 is 1.63 bits per heavy atom. The molecule has 2 N–H and O–H groups in total. The van der Waals surface area contributed by atoms with Crippen LogP contribution in [0.2, 0.25) is 0 Å². The molecule has 0 aliphatic rings. The Hall–Kier alpha value is -1.84. The lowest BCUT2D eigenvalue weighted by Crippen LogP contribution is -2.23. The van der Waals surface area contributed by atoms with Gasteiger partial charge in [-0.25, -0.2) is 0 Å². The van der Waals surface area contributed by atoms with Gasteiger partial charge in [0.1, 0.15) is 11.9 Å². The monoisotopic (exact) mass is 258 g/mol. The first-order valence-corrected chi connectivity index (χ1v) is 6.25. The Labute approximate surface area is 113 Å². The summed E-state index contributed by atoms with van der Waals surface area (Å²) in [4.78, 5) is 0. The van der Waals surface area contributed by atoms with Crippen LogP contribution in [0.15, 0.2) is 54.6 Å². The molecule has 0 bridgehead atoms. The molecule has 3 heteroatoms. The number of benzene rings is 2. The number of methoxy groups -OCH3 is 1. The van der Waals surface area contributed by atoms with Crippen molar-refractivity contribution < 1.29 is 14.9 Å². The van der Waals surface area contributed by atoms with Gasteiger partial charge >= 0.3 is 0 Å². The number of phenolic OH excluding ortho intramolecular Hbond substituents is 1. The van der Waals surface area contributed by atoms with Crippen molar-refractivity contribution in [3.63, 3.8) is 0 Å². The van der Waals surface area contributed by atoms with E-state index >= 15 is 0 Å². The van der Waals surface area contributed by atoms with Crippen LogP contribution in [0.3, 0.4) is 0 Å². The normalized spacial score (nSPS) is 14.0. The topological polar surface area (TPSA) is 49.7 Å². The van der Waals surface area contributed by atoms with Crippen LogP contribution in [-0.2, 0) is 11.2 Å². The van der Waals surface area contributed by atoms with Gasteiger partial charge < -0.3 is 14.9 Å². The molecule has 0 heterocycles. The van der Waals surface area contributed by atoms with E-state index in [0.717, 1.165) is 11.1 Å².